The summed E-state index contributed by atoms with van der Waals surface area (Å²) >= 11 is 8.41. The first-order valence-corrected chi connectivity index (χ1v) is 18.4. The molecule has 3 aromatic heterocycles. The molecule has 12 nitrogen and oxygen atoms in total. The van der Waals surface area contributed by atoms with E-state index in [1.165, 1.54) is 26.0 Å². The third-order valence-electron chi connectivity index (χ3n) is 9.74. The van der Waals surface area contributed by atoms with Gasteiger partial charge in [-0.3, -0.25) is 23.9 Å². The molecule has 0 radical (unpaired) electrons. The van der Waals surface area contributed by atoms with Gasteiger partial charge in [-0.2, -0.15) is 10.2 Å². The summed E-state index contributed by atoms with van der Waals surface area (Å²) in [7, 11) is 8.09. The fourth-order valence-corrected chi connectivity index (χ4v) is 8.21. The van der Waals surface area contributed by atoms with Crippen LogP contribution in [0.1, 0.15) is 70.2 Å². The van der Waals surface area contributed by atoms with Gasteiger partial charge in [-0.1, -0.05) is 41.6 Å². The summed E-state index contributed by atoms with van der Waals surface area (Å²) < 4.78 is 21.3. The highest BCUT2D eigenvalue weighted by atomic mass is 35.5. The van der Waals surface area contributed by atoms with Crippen molar-refractivity contribution < 1.29 is 28.6 Å². The second-order valence-electron chi connectivity index (χ2n) is 12.9. The minimum atomic E-state index is -0.502. The lowest BCUT2D eigenvalue weighted by Crippen LogP contribution is -2.27. The SMILES string of the molecule is COC(=O)CCc1c(C(=O)OC)n(C)c2c(-c3c(C)nn4c3[C@H](N(Cc3ccc(OC)cc3)Cc3cc(CSC(C)=O)n(C)n3)CC4)c(Cl)ccc12. The number of rotatable bonds is 13. The van der Waals surface area contributed by atoms with Crippen LogP contribution >= 0.6 is 23.4 Å². The Morgan fingerprint density at radius 1 is 1.00 bits per heavy atom. The highest BCUT2D eigenvalue weighted by Crippen LogP contribution is 2.47. The van der Waals surface area contributed by atoms with Crippen LogP contribution in [0.5, 0.6) is 5.75 Å². The summed E-state index contributed by atoms with van der Waals surface area (Å²) in [6.45, 7) is 5.44. The van der Waals surface area contributed by atoms with Gasteiger partial charge in [0.25, 0.3) is 0 Å². The van der Waals surface area contributed by atoms with Crippen molar-refractivity contribution in [2.75, 3.05) is 21.3 Å². The van der Waals surface area contributed by atoms with Crippen LogP contribution in [0, 0.1) is 6.92 Å². The molecule has 0 aliphatic carbocycles. The number of aryl methyl sites for hydroxylation is 5. The number of fused-ring (bicyclic) bond motifs is 2. The minimum Gasteiger partial charge on any atom is -0.497 e. The normalized spacial score (nSPS) is 13.9. The Bertz CT molecular complexity index is 2150. The smallest absolute Gasteiger partial charge is 0.354 e. The Hall–Kier alpha value is -4.59. The lowest BCUT2D eigenvalue weighted by molar-refractivity contribution is -0.140. The molecule has 0 unspecified atom stereocenters. The highest BCUT2D eigenvalue weighted by molar-refractivity contribution is 8.12. The topological polar surface area (TPSA) is 123 Å². The van der Waals surface area contributed by atoms with Gasteiger partial charge in [0.1, 0.15) is 11.4 Å². The van der Waals surface area contributed by atoms with Gasteiger partial charge in [-0.15, -0.1) is 0 Å². The van der Waals surface area contributed by atoms with E-state index in [1.54, 1.807) is 14.0 Å². The molecule has 0 saturated heterocycles. The van der Waals surface area contributed by atoms with Crippen molar-refractivity contribution in [3.05, 3.63) is 87.1 Å². The molecule has 0 amide bonds. The van der Waals surface area contributed by atoms with Crippen LogP contribution in [-0.2, 0) is 65.0 Å². The first-order chi connectivity index (χ1) is 24.9. The molecule has 6 rings (SSSR count). The molecule has 0 bridgehead atoms. The summed E-state index contributed by atoms with van der Waals surface area (Å²) in [4.78, 5) is 39.6. The first-order valence-electron chi connectivity index (χ1n) is 17.0. The molecule has 1 aliphatic rings. The van der Waals surface area contributed by atoms with E-state index in [1.807, 2.05) is 54.5 Å². The molecular formula is C38H43ClN6O6S. The van der Waals surface area contributed by atoms with Crippen LogP contribution in [-0.4, -0.2) is 67.4 Å². The molecule has 274 valence electrons. The third kappa shape index (κ3) is 7.22. The number of ether oxygens (including phenoxy) is 3. The molecule has 2 aromatic carbocycles. The molecule has 1 aliphatic heterocycles. The van der Waals surface area contributed by atoms with Gasteiger partial charge in [-0.25, -0.2) is 4.79 Å². The van der Waals surface area contributed by atoms with E-state index >= 15 is 0 Å². The number of nitrogens with zero attached hydrogens (tertiary/aromatic N) is 6. The van der Waals surface area contributed by atoms with Crippen LogP contribution in [0.3, 0.4) is 0 Å². The van der Waals surface area contributed by atoms with Crippen molar-refractivity contribution in [3.63, 3.8) is 0 Å². The average Bonchev–Trinajstić information content (AvgIpc) is 3.86. The number of esters is 2. The summed E-state index contributed by atoms with van der Waals surface area (Å²) in [6.07, 6.45) is 1.20. The number of benzene rings is 2. The van der Waals surface area contributed by atoms with Crippen molar-refractivity contribution in [3.8, 4) is 16.9 Å². The van der Waals surface area contributed by atoms with Crippen molar-refractivity contribution in [1.29, 1.82) is 0 Å². The summed E-state index contributed by atoms with van der Waals surface area (Å²) in [6, 6.07) is 13.8. The van der Waals surface area contributed by atoms with Crippen LogP contribution < -0.4 is 4.74 Å². The summed E-state index contributed by atoms with van der Waals surface area (Å²) in [5.74, 6) is 0.458. The van der Waals surface area contributed by atoms with Gasteiger partial charge in [0.05, 0.1) is 55.0 Å². The summed E-state index contributed by atoms with van der Waals surface area (Å²) in [5, 5.41) is 11.3. The predicted molar refractivity (Wildman–Crippen MR) is 200 cm³/mol. The van der Waals surface area contributed by atoms with E-state index in [4.69, 9.17) is 36.0 Å². The van der Waals surface area contributed by atoms with Gasteiger partial charge in [0.2, 0.25) is 0 Å². The highest BCUT2D eigenvalue weighted by Gasteiger charge is 2.36. The number of carbonyl (C=O) groups excluding carboxylic acids is 3. The van der Waals surface area contributed by atoms with Crippen LogP contribution in [0.4, 0.5) is 0 Å². The van der Waals surface area contributed by atoms with Gasteiger partial charge >= 0.3 is 11.9 Å². The molecule has 0 spiro atoms. The zero-order valence-corrected chi connectivity index (χ0v) is 32.1. The predicted octanol–water partition coefficient (Wildman–Crippen LogP) is 6.56. The summed E-state index contributed by atoms with van der Waals surface area (Å²) in [5.41, 5.74) is 8.32. The molecule has 4 heterocycles. The standard InChI is InChI=1S/C38H43ClN6O6S/c1-22-33(34-30(39)14-12-28-29(13-15-32(47)50-6)36(38(48)51-7)42(3)35(28)34)37-31(16-17-45(37)40-22)44(19-24-8-10-27(49-5)11-9-24)20-25-18-26(43(4)41-25)21-52-23(2)46/h8-12,14,18,31H,13,15-17,19-21H2,1-7H3/t31-/m1/s1. The molecule has 0 N–H and O–H groups in total. The number of carbonyl (C=O) groups is 3. The number of aromatic nitrogens is 5. The van der Waals surface area contributed by atoms with Crippen molar-refractivity contribution in [2.24, 2.45) is 14.1 Å². The second-order valence-corrected chi connectivity index (χ2v) is 14.5. The average molecular weight is 747 g/mol. The number of hydrogen-bond donors (Lipinski definition) is 0. The van der Waals surface area contributed by atoms with Gasteiger partial charge in [0.15, 0.2) is 5.12 Å². The fourth-order valence-electron chi connectivity index (χ4n) is 7.34. The minimum absolute atomic E-state index is 0.0622. The molecule has 1 atom stereocenters. The van der Waals surface area contributed by atoms with Gasteiger partial charge in [-0.05, 0) is 55.2 Å². The molecule has 0 fully saturated rings. The quantitative estimate of drug-likeness (QED) is 0.122. The molecule has 14 heteroatoms. The van der Waals surface area contributed by atoms with Crippen LogP contribution in [0.25, 0.3) is 22.0 Å². The number of methoxy groups -OCH3 is 3. The second kappa shape index (κ2) is 15.6. The monoisotopic (exact) mass is 746 g/mol. The number of hydrogen-bond acceptors (Lipinski definition) is 10. The van der Waals surface area contributed by atoms with Crippen LogP contribution in [0.15, 0.2) is 42.5 Å². The van der Waals surface area contributed by atoms with E-state index < -0.39 is 5.97 Å². The van der Waals surface area contributed by atoms with Crippen LogP contribution in [0.2, 0.25) is 5.02 Å². The van der Waals surface area contributed by atoms with E-state index in [9.17, 15) is 14.4 Å². The number of thioether (sulfide) groups is 1. The van der Waals surface area contributed by atoms with Crippen molar-refractivity contribution >= 4 is 51.3 Å². The lowest BCUT2D eigenvalue weighted by Gasteiger charge is -2.29. The molecule has 5 aromatic rings. The third-order valence-corrected chi connectivity index (χ3v) is 10.9. The maximum absolute atomic E-state index is 13.3. The Labute approximate surface area is 311 Å². The van der Waals surface area contributed by atoms with E-state index in [-0.39, 0.29) is 30.0 Å². The molecular weight excluding hydrogens is 704 g/mol. The first kappa shape index (κ1) is 37.2. The Morgan fingerprint density at radius 3 is 2.42 bits per heavy atom. The Morgan fingerprint density at radius 2 is 1.75 bits per heavy atom. The van der Waals surface area contributed by atoms with Gasteiger partial charge < -0.3 is 18.8 Å². The van der Waals surface area contributed by atoms with E-state index in [2.05, 4.69) is 27.8 Å². The Balaban J connectivity index is 1.48. The maximum atomic E-state index is 13.3. The zero-order chi connectivity index (χ0) is 37.3. The molecule has 52 heavy (non-hydrogen) atoms. The van der Waals surface area contributed by atoms with Gasteiger partial charge in [0, 0.05) is 75.0 Å². The van der Waals surface area contributed by atoms with E-state index in [0.717, 1.165) is 62.5 Å². The number of halogens is 1. The lowest BCUT2D eigenvalue weighted by atomic mass is 9.95. The fraction of sp³-hybridized carbons (Fsp3) is 0.395. The van der Waals surface area contributed by atoms with E-state index in [0.29, 0.717) is 41.7 Å². The largest absolute Gasteiger partial charge is 0.497 e. The maximum Gasteiger partial charge on any atom is 0.354 e. The Kier molecular flexibility index (Phi) is 11.1. The van der Waals surface area contributed by atoms with Crippen molar-refractivity contribution in [1.82, 2.24) is 29.0 Å². The molecule has 0 saturated carbocycles. The van der Waals surface area contributed by atoms with Crippen molar-refractivity contribution in [2.45, 2.75) is 64.5 Å². The zero-order valence-electron chi connectivity index (χ0n) is 30.5.